The molecule has 1 unspecified atom stereocenters. The van der Waals surface area contributed by atoms with Gasteiger partial charge in [0.15, 0.2) is 0 Å². The fourth-order valence-corrected chi connectivity index (χ4v) is 4.32. The Hall–Kier alpha value is -2.35. The van der Waals surface area contributed by atoms with Crippen molar-refractivity contribution in [1.29, 1.82) is 0 Å². The van der Waals surface area contributed by atoms with Gasteiger partial charge in [0.2, 0.25) is 5.91 Å². The van der Waals surface area contributed by atoms with Crippen LogP contribution < -0.4 is 16.5 Å². The summed E-state index contributed by atoms with van der Waals surface area (Å²) in [6, 6.07) is 13.4. The van der Waals surface area contributed by atoms with Crippen molar-refractivity contribution in [2.24, 2.45) is 5.73 Å². The van der Waals surface area contributed by atoms with Crippen molar-refractivity contribution in [3.05, 3.63) is 59.2 Å². The first kappa shape index (κ1) is 19.0. The Kier molecular flexibility index (Phi) is 5.39. The highest BCUT2D eigenvalue weighted by atomic mass is 16.4. The van der Waals surface area contributed by atoms with Gasteiger partial charge >= 0.3 is 7.12 Å². The number of nitrogens with one attached hydrogen (secondary N) is 1. The highest BCUT2D eigenvalue weighted by Gasteiger charge is 2.33. The molecule has 2 aromatic rings. The van der Waals surface area contributed by atoms with Gasteiger partial charge in [-0.3, -0.25) is 4.79 Å². The Balaban J connectivity index is 1.37. The number of carbonyl (C=O) groups is 1. The van der Waals surface area contributed by atoms with E-state index in [4.69, 9.17) is 5.73 Å². The molecule has 4 rings (SSSR count). The quantitative estimate of drug-likeness (QED) is 0.583. The maximum absolute atomic E-state index is 13.0. The third-order valence-corrected chi connectivity index (χ3v) is 5.94. The molecule has 1 amide bonds. The lowest BCUT2D eigenvalue weighted by atomic mass is 9.79. The Bertz CT molecular complexity index is 866. The van der Waals surface area contributed by atoms with Crippen LogP contribution in [0, 0.1) is 0 Å². The van der Waals surface area contributed by atoms with Gasteiger partial charge in [-0.05, 0) is 47.0 Å². The smallest absolute Gasteiger partial charge is 0.423 e. The van der Waals surface area contributed by atoms with Crippen LogP contribution in [0.25, 0.3) is 0 Å². The summed E-state index contributed by atoms with van der Waals surface area (Å²) in [5.74, 6) is 0.592. The summed E-state index contributed by atoms with van der Waals surface area (Å²) in [6.07, 6.45) is 2.49. The van der Waals surface area contributed by atoms with E-state index in [1.54, 1.807) is 12.1 Å². The van der Waals surface area contributed by atoms with Gasteiger partial charge in [0.05, 0.1) is 0 Å². The van der Waals surface area contributed by atoms with Crippen molar-refractivity contribution in [3.63, 3.8) is 0 Å². The van der Waals surface area contributed by atoms with Crippen molar-refractivity contribution in [3.8, 4) is 0 Å². The lowest BCUT2D eigenvalue weighted by Gasteiger charge is -2.34. The molecule has 0 aromatic heterocycles. The zero-order valence-corrected chi connectivity index (χ0v) is 15.8. The van der Waals surface area contributed by atoms with Crippen molar-refractivity contribution < 1.29 is 14.8 Å². The van der Waals surface area contributed by atoms with Crippen LogP contribution in [0.1, 0.15) is 35.4 Å². The second-order valence-corrected chi connectivity index (χ2v) is 7.74. The van der Waals surface area contributed by atoms with E-state index in [1.165, 1.54) is 5.56 Å². The summed E-state index contributed by atoms with van der Waals surface area (Å²) in [6.45, 7) is 2.06. The van der Waals surface area contributed by atoms with Gasteiger partial charge in [0.1, 0.15) is 6.04 Å². The van der Waals surface area contributed by atoms with Crippen LogP contribution in [0.3, 0.4) is 0 Å². The largest absolute Gasteiger partial charge is 0.488 e. The minimum atomic E-state index is -1.49. The number of carbonyl (C=O) groups excluding carboxylic acids is 1. The molecule has 2 aliphatic heterocycles. The molecule has 1 atom stereocenters. The molecular formula is C21H26BN3O3. The molecule has 28 heavy (non-hydrogen) atoms. The fraction of sp³-hybridized carbons (Fsp3) is 0.381. The van der Waals surface area contributed by atoms with Crippen LogP contribution in [-0.2, 0) is 17.8 Å². The third-order valence-electron chi connectivity index (χ3n) is 5.94. The first-order valence-corrected chi connectivity index (χ1v) is 9.88. The number of fused-ring (bicyclic) bond motifs is 1. The molecule has 0 aliphatic carbocycles. The summed E-state index contributed by atoms with van der Waals surface area (Å²) in [5.41, 5.74) is 10.5. The average Bonchev–Trinajstić information content (AvgIpc) is 3.16. The number of nitrogens with two attached hydrogens (primary N) is 1. The molecule has 2 aliphatic rings. The number of amides is 1. The van der Waals surface area contributed by atoms with Gasteiger partial charge in [0, 0.05) is 31.7 Å². The molecule has 146 valence electrons. The van der Waals surface area contributed by atoms with Gasteiger partial charge in [-0.1, -0.05) is 36.4 Å². The Morgan fingerprint density at radius 1 is 1.18 bits per heavy atom. The average molecular weight is 379 g/mol. The second kappa shape index (κ2) is 7.95. The minimum Gasteiger partial charge on any atom is -0.423 e. The molecule has 1 fully saturated rings. The predicted octanol–water partition coefficient (Wildman–Crippen LogP) is 0.568. The number of nitrogens with zero attached hydrogens (tertiary/aromatic N) is 1. The van der Waals surface area contributed by atoms with Gasteiger partial charge in [-0.15, -0.1) is 0 Å². The SMILES string of the molecule is NCc1cccc(C2CCN(C(=O)C3Cc4cc(B(O)O)ccc4N3)CC2)c1. The Labute approximate surface area is 165 Å². The van der Waals surface area contributed by atoms with Gasteiger partial charge in [0.25, 0.3) is 0 Å². The van der Waals surface area contributed by atoms with Crippen LogP contribution >= 0.6 is 0 Å². The van der Waals surface area contributed by atoms with Crippen LogP contribution in [-0.4, -0.2) is 47.1 Å². The first-order valence-electron chi connectivity index (χ1n) is 9.88. The Morgan fingerprint density at radius 2 is 1.96 bits per heavy atom. The number of likely N-dealkylation sites (tertiary alicyclic amines) is 1. The number of piperidine rings is 1. The molecule has 0 saturated carbocycles. The van der Waals surface area contributed by atoms with Crippen molar-refractivity contribution in [1.82, 2.24) is 4.90 Å². The number of rotatable bonds is 4. The summed E-state index contributed by atoms with van der Waals surface area (Å²) in [5, 5.41) is 22.0. The van der Waals surface area contributed by atoms with Crippen molar-refractivity contribution in [2.75, 3.05) is 18.4 Å². The molecule has 6 nitrogen and oxygen atoms in total. The number of hydrogen-bond donors (Lipinski definition) is 4. The Morgan fingerprint density at radius 3 is 2.68 bits per heavy atom. The standard InChI is InChI=1S/C21H26BN3O3/c23-13-14-2-1-3-16(10-14)15-6-8-25(9-7-15)21(26)20-12-17-11-18(22(27)28)4-5-19(17)24-20/h1-5,10-11,15,20,24,27-28H,6-9,12-13,23H2. The molecule has 0 bridgehead atoms. The van der Waals surface area contributed by atoms with E-state index in [0.29, 0.717) is 24.3 Å². The van der Waals surface area contributed by atoms with Crippen LogP contribution in [0.2, 0.25) is 0 Å². The summed E-state index contributed by atoms with van der Waals surface area (Å²) >= 11 is 0. The lowest BCUT2D eigenvalue weighted by Crippen LogP contribution is -2.45. The lowest BCUT2D eigenvalue weighted by molar-refractivity contribution is -0.132. The summed E-state index contributed by atoms with van der Waals surface area (Å²) < 4.78 is 0. The maximum atomic E-state index is 13.0. The van der Waals surface area contributed by atoms with Crippen LogP contribution in [0.15, 0.2) is 42.5 Å². The van der Waals surface area contributed by atoms with E-state index in [2.05, 4.69) is 23.5 Å². The van der Waals surface area contributed by atoms with E-state index in [0.717, 1.165) is 42.7 Å². The van der Waals surface area contributed by atoms with Crippen molar-refractivity contribution >= 4 is 24.2 Å². The molecule has 5 N–H and O–H groups in total. The van der Waals surface area contributed by atoms with E-state index < -0.39 is 7.12 Å². The van der Waals surface area contributed by atoms with Gasteiger partial charge in [-0.2, -0.15) is 0 Å². The topological polar surface area (TPSA) is 98.8 Å². The molecule has 2 aromatic carbocycles. The van der Waals surface area contributed by atoms with Gasteiger partial charge < -0.3 is 26.0 Å². The number of benzene rings is 2. The van der Waals surface area contributed by atoms with E-state index in [-0.39, 0.29) is 11.9 Å². The second-order valence-electron chi connectivity index (χ2n) is 7.74. The third kappa shape index (κ3) is 3.78. The van der Waals surface area contributed by atoms with Crippen LogP contribution in [0.4, 0.5) is 5.69 Å². The zero-order valence-electron chi connectivity index (χ0n) is 15.8. The first-order chi connectivity index (χ1) is 13.5. The molecular weight excluding hydrogens is 353 g/mol. The zero-order chi connectivity index (χ0) is 19.7. The summed E-state index contributed by atoms with van der Waals surface area (Å²) in [4.78, 5) is 14.9. The van der Waals surface area contributed by atoms with Crippen LogP contribution in [0.5, 0.6) is 0 Å². The van der Waals surface area contributed by atoms with E-state index in [1.807, 2.05) is 17.0 Å². The highest BCUT2D eigenvalue weighted by molar-refractivity contribution is 6.58. The monoisotopic (exact) mass is 379 g/mol. The highest BCUT2D eigenvalue weighted by Crippen LogP contribution is 2.31. The number of anilines is 1. The number of hydrogen-bond acceptors (Lipinski definition) is 5. The summed E-state index contributed by atoms with van der Waals surface area (Å²) in [7, 11) is -1.49. The molecule has 0 radical (unpaired) electrons. The molecule has 1 saturated heterocycles. The minimum absolute atomic E-state index is 0.122. The normalized spacial score (nSPS) is 19.2. The molecule has 0 spiro atoms. The van der Waals surface area contributed by atoms with Crippen molar-refractivity contribution in [2.45, 2.75) is 37.8 Å². The fourth-order valence-electron chi connectivity index (χ4n) is 4.32. The molecule has 7 heteroatoms. The van der Waals surface area contributed by atoms with E-state index in [9.17, 15) is 14.8 Å². The van der Waals surface area contributed by atoms with E-state index >= 15 is 0 Å². The maximum Gasteiger partial charge on any atom is 0.488 e. The predicted molar refractivity (Wildman–Crippen MR) is 110 cm³/mol. The van der Waals surface area contributed by atoms with Gasteiger partial charge in [-0.25, -0.2) is 0 Å². The molecule has 2 heterocycles.